The summed E-state index contributed by atoms with van der Waals surface area (Å²) >= 11 is 0. The Morgan fingerprint density at radius 2 is 1.88 bits per heavy atom. The maximum absolute atomic E-state index is 15.0. The molecule has 0 amide bonds. The minimum Gasteiger partial charge on any atom is -0.437 e. The van der Waals surface area contributed by atoms with Gasteiger partial charge in [0.1, 0.15) is 11.6 Å². The van der Waals surface area contributed by atoms with Crippen LogP contribution in [0, 0.1) is 18.7 Å². The molecule has 13 heteroatoms. The number of halogens is 3. The summed E-state index contributed by atoms with van der Waals surface area (Å²) in [5.74, 6) is -3.76. The van der Waals surface area contributed by atoms with Crippen LogP contribution in [0.15, 0.2) is 54.9 Å². The van der Waals surface area contributed by atoms with Crippen LogP contribution in [0.1, 0.15) is 31.2 Å². The third kappa shape index (κ3) is 6.52. The normalized spacial score (nSPS) is 18.7. The second kappa shape index (κ2) is 11.6. The molecule has 2 aliphatic rings. The molecule has 4 aromatic rings. The van der Waals surface area contributed by atoms with Gasteiger partial charge in [-0.3, -0.25) is 4.72 Å². The Morgan fingerprint density at radius 3 is 2.65 bits per heavy atom. The van der Waals surface area contributed by atoms with Gasteiger partial charge in [0.15, 0.2) is 0 Å². The first kappa shape index (κ1) is 29.1. The summed E-state index contributed by atoms with van der Waals surface area (Å²) in [4.78, 5) is 13.5. The molecule has 1 saturated heterocycles. The van der Waals surface area contributed by atoms with Gasteiger partial charge in [0, 0.05) is 48.6 Å². The van der Waals surface area contributed by atoms with Crippen molar-refractivity contribution in [2.45, 2.75) is 44.6 Å². The van der Waals surface area contributed by atoms with Crippen molar-refractivity contribution < 1.29 is 26.3 Å². The zero-order valence-corrected chi connectivity index (χ0v) is 24.2. The summed E-state index contributed by atoms with van der Waals surface area (Å²) in [5.41, 5.74) is 1.63. The molecule has 1 aliphatic heterocycles. The summed E-state index contributed by atoms with van der Waals surface area (Å²) in [7, 11) is -4.10. The van der Waals surface area contributed by atoms with Crippen LogP contribution in [-0.4, -0.2) is 54.2 Å². The molecule has 1 aliphatic carbocycles. The summed E-state index contributed by atoms with van der Waals surface area (Å²) in [6, 6.07) is 11.5. The first-order valence-electron chi connectivity index (χ1n) is 14.1. The van der Waals surface area contributed by atoms with Crippen molar-refractivity contribution >= 4 is 32.4 Å². The van der Waals surface area contributed by atoms with E-state index >= 15 is 4.39 Å². The monoisotopic (exact) mass is 612 g/mol. The van der Waals surface area contributed by atoms with E-state index < -0.39 is 46.3 Å². The molecule has 0 radical (unpaired) electrons. The summed E-state index contributed by atoms with van der Waals surface area (Å²) in [6.45, 7) is 3.63. The molecule has 1 atom stereocenters. The highest BCUT2D eigenvalue weighted by Gasteiger charge is 2.46. The van der Waals surface area contributed by atoms with E-state index in [1.165, 1.54) is 6.07 Å². The van der Waals surface area contributed by atoms with Crippen LogP contribution in [0.2, 0.25) is 0 Å². The van der Waals surface area contributed by atoms with Crippen LogP contribution in [0.3, 0.4) is 0 Å². The number of nitrogens with one attached hydrogen (secondary N) is 3. The molecule has 2 aromatic carbocycles. The fraction of sp³-hybridized carbons (Fsp3) is 0.367. The van der Waals surface area contributed by atoms with E-state index in [-0.39, 0.29) is 23.0 Å². The largest absolute Gasteiger partial charge is 0.437 e. The number of pyridine rings is 1. The maximum Gasteiger partial charge on any atom is 0.248 e. The van der Waals surface area contributed by atoms with Crippen LogP contribution >= 0.6 is 0 Å². The van der Waals surface area contributed by atoms with Gasteiger partial charge >= 0.3 is 0 Å². The summed E-state index contributed by atoms with van der Waals surface area (Å²) in [6.07, 6.45) is 4.31. The zero-order chi connectivity index (χ0) is 30.2. The second-order valence-electron chi connectivity index (χ2n) is 11.2. The lowest BCUT2D eigenvalue weighted by molar-refractivity contribution is -0.103. The van der Waals surface area contributed by atoms with E-state index in [0.29, 0.717) is 33.9 Å². The molecule has 3 N–H and O–H groups in total. The molecule has 9 nitrogen and oxygen atoms in total. The quantitative estimate of drug-likeness (QED) is 0.215. The number of sulfonamides is 1. The fourth-order valence-electron chi connectivity index (χ4n) is 5.61. The number of ether oxygens (including phenoxy) is 1. The highest BCUT2D eigenvalue weighted by Crippen LogP contribution is 2.44. The molecule has 2 aromatic heterocycles. The third-order valence-electron chi connectivity index (χ3n) is 7.72. The van der Waals surface area contributed by atoms with Crippen molar-refractivity contribution in [2.24, 2.45) is 5.92 Å². The number of aryl methyl sites for hydroxylation is 1. The van der Waals surface area contributed by atoms with E-state index in [2.05, 4.69) is 25.3 Å². The Hall–Kier alpha value is -3.97. The van der Waals surface area contributed by atoms with Crippen molar-refractivity contribution in [3.8, 4) is 22.9 Å². The Balaban J connectivity index is 1.30. The predicted octanol–water partition coefficient (Wildman–Crippen LogP) is 5.88. The van der Waals surface area contributed by atoms with E-state index in [4.69, 9.17) is 9.72 Å². The first-order valence-corrected chi connectivity index (χ1v) is 15.8. The van der Waals surface area contributed by atoms with E-state index in [9.17, 15) is 17.2 Å². The zero-order valence-electron chi connectivity index (χ0n) is 23.4. The molecule has 1 saturated carbocycles. The molecular formula is C30H31F3N6O3S. The smallest absolute Gasteiger partial charge is 0.248 e. The molecule has 2 fully saturated rings. The standard InChI is InChI=1S/C30H31F3N6O3S/c1-18-6-7-21-22(8-9-24(31)26(21)39-43(40,41)17-19-14-30(32,33)15-19)27(18)42-28-23(5-3-12-35-28)25-10-13-36-29(38-25)37-20-4-2-11-34-16-20/h3,5-10,12-13,19-20,34,39H,2,4,11,14-17H2,1H3,(H,36,37,38). The molecule has 43 heavy (non-hydrogen) atoms. The number of fused-ring (bicyclic) bond motifs is 1. The Morgan fingerprint density at radius 1 is 1.07 bits per heavy atom. The molecule has 1 unspecified atom stereocenters. The number of benzene rings is 2. The predicted molar refractivity (Wildman–Crippen MR) is 159 cm³/mol. The summed E-state index contributed by atoms with van der Waals surface area (Å²) in [5, 5.41) is 7.43. The van der Waals surface area contributed by atoms with Crippen LogP contribution in [0.5, 0.6) is 11.6 Å². The van der Waals surface area contributed by atoms with Crippen molar-refractivity contribution in [2.75, 3.05) is 28.9 Å². The minimum absolute atomic E-state index is 0.216. The van der Waals surface area contributed by atoms with E-state index in [1.54, 1.807) is 36.7 Å². The number of aromatic nitrogens is 3. The number of anilines is 2. The van der Waals surface area contributed by atoms with E-state index in [0.717, 1.165) is 32.0 Å². The average molecular weight is 613 g/mol. The van der Waals surface area contributed by atoms with Crippen molar-refractivity contribution in [1.29, 1.82) is 0 Å². The molecule has 6 rings (SSSR count). The highest BCUT2D eigenvalue weighted by atomic mass is 32.2. The number of piperidine rings is 1. The lowest BCUT2D eigenvalue weighted by Crippen LogP contribution is -2.40. The van der Waals surface area contributed by atoms with E-state index in [1.807, 2.05) is 13.0 Å². The van der Waals surface area contributed by atoms with Gasteiger partial charge < -0.3 is 15.4 Å². The van der Waals surface area contributed by atoms with Crippen molar-refractivity contribution in [1.82, 2.24) is 20.3 Å². The van der Waals surface area contributed by atoms with Crippen molar-refractivity contribution in [3.63, 3.8) is 0 Å². The summed E-state index contributed by atoms with van der Waals surface area (Å²) < 4.78 is 75.9. The number of nitrogens with zero attached hydrogens (tertiary/aromatic N) is 3. The number of rotatable bonds is 9. The van der Waals surface area contributed by atoms with Gasteiger partial charge in [0.25, 0.3) is 0 Å². The molecule has 0 bridgehead atoms. The fourth-order valence-corrected chi connectivity index (χ4v) is 7.07. The molecular weight excluding hydrogens is 581 g/mol. The maximum atomic E-state index is 15.0. The van der Waals surface area contributed by atoms with Crippen LogP contribution in [-0.2, 0) is 10.0 Å². The van der Waals surface area contributed by atoms with Gasteiger partial charge in [-0.05, 0) is 68.1 Å². The molecule has 226 valence electrons. The van der Waals surface area contributed by atoms with Gasteiger partial charge in [0.05, 0.1) is 22.7 Å². The first-order chi connectivity index (χ1) is 20.6. The van der Waals surface area contributed by atoms with Crippen LogP contribution in [0.4, 0.5) is 24.8 Å². The highest BCUT2D eigenvalue weighted by molar-refractivity contribution is 7.92. The number of hydrogen-bond acceptors (Lipinski definition) is 8. The Bertz CT molecular complexity index is 1760. The Kier molecular flexibility index (Phi) is 7.86. The van der Waals surface area contributed by atoms with Gasteiger partial charge in [-0.25, -0.2) is 36.5 Å². The second-order valence-corrected chi connectivity index (χ2v) is 12.9. The number of alkyl halides is 2. The average Bonchev–Trinajstić information content (AvgIpc) is 2.96. The van der Waals surface area contributed by atoms with Gasteiger partial charge in [-0.15, -0.1) is 0 Å². The van der Waals surface area contributed by atoms with Gasteiger partial charge in [0.2, 0.25) is 27.8 Å². The molecule has 3 heterocycles. The number of hydrogen-bond donors (Lipinski definition) is 3. The minimum atomic E-state index is -4.10. The van der Waals surface area contributed by atoms with Gasteiger partial charge in [-0.1, -0.05) is 12.1 Å². The van der Waals surface area contributed by atoms with Gasteiger partial charge in [-0.2, -0.15) is 0 Å². The lowest BCUT2D eigenvalue weighted by atomic mass is 9.83. The van der Waals surface area contributed by atoms with Crippen LogP contribution in [0.25, 0.3) is 22.0 Å². The van der Waals surface area contributed by atoms with Crippen LogP contribution < -0.4 is 20.1 Å². The Labute approximate surface area is 247 Å². The SMILES string of the molecule is Cc1ccc2c(NS(=O)(=O)CC3CC(F)(F)C3)c(F)ccc2c1Oc1ncccc1-c1ccnc(NC2CCCNC2)n1. The lowest BCUT2D eigenvalue weighted by Gasteiger charge is -2.34. The topological polar surface area (TPSA) is 118 Å². The third-order valence-corrected chi connectivity index (χ3v) is 9.14. The van der Waals surface area contributed by atoms with Crippen molar-refractivity contribution in [3.05, 3.63) is 66.2 Å². The molecule has 0 spiro atoms.